The van der Waals surface area contributed by atoms with Crippen LogP contribution in [0.15, 0.2) is 23.8 Å². The Morgan fingerprint density at radius 3 is 2.61 bits per heavy atom. The molecule has 8 atom stereocenters. The molecule has 3 saturated carbocycles. The fourth-order valence-corrected chi connectivity index (χ4v) is 7.59. The van der Waals surface area contributed by atoms with Crippen LogP contribution >= 0.6 is 0 Å². The number of hydrogen-bond acceptors (Lipinski definition) is 6. The quantitative estimate of drug-likeness (QED) is 0.605. The number of ether oxygens (including phenoxy) is 2. The van der Waals surface area contributed by atoms with Gasteiger partial charge in [-0.15, -0.1) is 0 Å². The van der Waals surface area contributed by atoms with Crippen molar-refractivity contribution in [2.45, 2.75) is 77.2 Å². The van der Waals surface area contributed by atoms with Gasteiger partial charge >= 0.3 is 12.1 Å². The highest BCUT2D eigenvalue weighted by Gasteiger charge is 2.77. The summed E-state index contributed by atoms with van der Waals surface area (Å²) in [5.74, 6) is -3.22. The Morgan fingerprint density at radius 2 is 1.97 bits per heavy atom. The molecular weight excluding hydrogens is 431 g/mol. The highest BCUT2D eigenvalue weighted by Crippen LogP contribution is 2.71. The van der Waals surface area contributed by atoms with Crippen LogP contribution in [0.4, 0.5) is 9.18 Å². The topological polar surface area (TPSA) is 110 Å². The van der Waals surface area contributed by atoms with Gasteiger partial charge in [-0.3, -0.25) is 4.79 Å². The van der Waals surface area contributed by atoms with Gasteiger partial charge in [0.05, 0.1) is 12.7 Å². The number of fused-ring (bicyclic) bond motifs is 5. The summed E-state index contributed by atoms with van der Waals surface area (Å²) in [4.78, 5) is 37.1. The van der Waals surface area contributed by atoms with Crippen molar-refractivity contribution in [2.24, 2.45) is 28.6 Å². The van der Waals surface area contributed by atoms with Crippen molar-refractivity contribution < 1.29 is 38.5 Å². The zero-order valence-electron chi connectivity index (χ0n) is 19.6. The summed E-state index contributed by atoms with van der Waals surface area (Å²) >= 11 is 0. The van der Waals surface area contributed by atoms with Crippen LogP contribution in [-0.4, -0.2) is 52.1 Å². The molecule has 0 amide bonds. The molecule has 182 valence electrons. The standard InChI is InChI=1S/C25H33FO7/c1-5-10-32-21(31)33-25(20(29)30)14(2)11-18-17-7-6-15-12-16(27)8-9-22(15,3)24(17,26)19(28)13-23(18,25)4/h8-9,12,14,17-19,28H,5-7,10-11,13H2,1-4H3,(H,29,30)/t14-,17-,18-,19-,22-,23-,24-,25-/m0/s1. The van der Waals surface area contributed by atoms with E-state index in [0.717, 1.165) is 0 Å². The second kappa shape index (κ2) is 7.65. The number of aliphatic hydroxyl groups is 1. The van der Waals surface area contributed by atoms with E-state index in [0.29, 0.717) is 31.3 Å². The molecule has 0 saturated heterocycles. The fraction of sp³-hybridized carbons (Fsp3) is 0.720. The van der Waals surface area contributed by atoms with E-state index in [1.807, 2.05) is 6.92 Å². The molecule has 2 N–H and O–H groups in total. The van der Waals surface area contributed by atoms with Crippen LogP contribution in [0.3, 0.4) is 0 Å². The predicted molar refractivity (Wildman–Crippen MR) is 116 cm³/mol. The predicted octanol–water partition coefficient (Wildman–Crippen LogP) is 3.99. The number of aliphatic hydroxyl groups excluding tert-OH is 1. The number of ketones is 1. The molecule has 4 aliphatic carbocycles. The molecule has 0 spiro atoms. The van der Waals surface area contributed by atoms with Crippen molar-refractivity contribution in [3.05, 3.63) is 23.8 Å². The highest BCUT2D eigenvalue weighted by atomic mass is 19.1. The van der Waals surface area contributed by atoms with Crippen LogP contribution in [0.25, 0.3) is 0 Å². The molecule has 0 aromatic carbocycles. The molecule has 8 heteroatoms. The molecule has 4 rings (SSSR count). The zero-order chi connectivity index (χ0) is 24.4. The smallest absolute Gasteiger partial charge is 0.478 e. The van der Waals surface area contributed by atoms with Gasteiger partial charge in [-0.2, -0.15) is 0 Å². The Kier molecular flexibility index (Phi) is 5.55. The van der Waals surface area contributed by atoms with Crippen molar-refractivity contribution in [2.75, 3.05) is 6.61 Å². The lowest BCUT2D eigenvalue weighted by Crippen LogP contribution is -2.69. The van der Waals surface area contributed by atoms with Gasteiger partial charge in [0.15, 0.2) is 11.5 Å². The molecule has 3 fully saturated rings. The van der Waals surface area contributed by atoms with Gasteiger partial charge in [0, 0.05) is 22.7 Å². The molecule has 0 aliphatic heterocycles. The van der Waals surface area contributed by atoms with E-state index < -0.39 is 58.1 Å². The molecule has 0 aromatic rings. The Labute approximate surface area is 193 Å². The van der Waals surface area contributed by atoms with Gasteiger partial charge in [0.25, 0.3) is 0 Å². The first-order valence-electron chi connectivity index (χ1n) is 11.8. The lowest BCUT2D eigenvalue weighted by molar-refractivity contribution is -0.228. The maximum absolute atomic E-state index is 17.1. The number of rotatable bonds is 4. The minimum Gasteiger partial charge on any atom is -0.478 e. The van der Waals surface area contributed by atoms with Gasteiger partial charge in [0.2, 0.25) is 5.60 Å². The number of carbonyl (C=O) groups excluding carboxylic acids is 2. The van der Waals surface area contributed by atoms with Gasteiger partial charge in [-0.25, -0.2) is 14.0 Å². The third kappa shape index (κ3) is 2.92. The number of aliphatic carboxylic acids is 1. The molecule has 4 aliphatic rings. The Bertz CT molecular complexity index is 943. The Morgan fingerprint density at radius 1 is 1.27 bits per heavy atom. The largest absolute Gasteiger partial charge is 0.509 e. The molecule has 0 heterocycles. The first-order valence-corrected chi connectivity index (χ1v) is 11.8. The number of hydrogen-bond donors (Lipinski definition) is 2. The molecule has 0 unspecified atom stereocenters. The second-order valence-electron chi connectivity index (χ2n) is 10.6. The molecular formula is C25H33FO7. The van der Waals surface area contributed by atoms with Crippen LogP contribution in [-0.2, 0) is 19.1 Å². The molecule has 0 bridgehead atoms. The summed E-state index contributed by atoms with van der Waals surface area (Å²) in [6, 6.07) is 0. The summed E-state index contributed by atoms with van der Waals surface area (Å²) in [5.41, 5.74) is -5.72. The summed E-state index contributed by atoms with van der Waals surface area (Å²) < 4.78 is 27.8. The monoisotopic (exact) mass is 464 g/mol. The summed E-state index contributed by atoms with van der Waals surface area (Å²) in [7, 11) is 0. The van der Waals surface area contributed by atoms with Crippen molar-refractivity contribution in [1.29, 1.82) is 0 Å². The summed E-state index contributed by atoms with van der Waals surface area (Å²) in [6.07, 6.45) is 3.36. The maximum Gasteiger partial charge on any atom is 0.509 e. The summed E-state index contributed by atoms with van der Waals surface area (Å²) in [5, 5.41) is 21.7. The van der Waals surface area contributed by atoms with E-state index in [4.69, 9.17) is 9.47 Å². The number of carboxylic acid groups (broad SMARTS) is 1. The average molecular weight is 465 g/mol. The van der Waals surface area contributed by atoms with Gasteiger partial charge < -0.3 is 19.7 Å². The van der Waals surface area contributed by atoms with Gasteiger partial charge in [-0.05, 0) is 57.1 Å². The van der Waals surface area contributed by atoms with Crippen molar-refractivity contribution >= 4 is 17.9 Å². The van der Waals surface area contributed by atoms with Crippen LogP contribution in [0.2, 0.25) is 0 Å². The van der Waals surface area contributed by atoms with Crippen LogP contribution in [0.5, 0.6) is 0 Å². The van der Waals surface area contributed by atoms with Crippen molar-refractivity contribution in [1.82, 2.24) is 0 Å². The minimum atomic E-state index is -2.07. The number of carboxylic acids is 1. The molecule has 7 nitrogen and oxygen atoms in total. The third-order valence-electron chi connectivity index (χ3n) is 9.17. The van der Waals surface area contributed by atoms with E-state index in [9.17, 15) is 24.6 Å². The number of halogens is 1. The van der Waals surface area contributed by atoms with E-state index in [2.05, 4.69) is 0 Å². The number of allylic oxidation sites excluding steroid dienone is 4. The van der Waals surface area contributed by atoms with Gasteiger partial charge in [-0.1, -0.05) is 32.4 Å². The fourth-order valence-electron chi connectivity index (χ4n) is 7.59. The van der Waals surface area contributed by atoms with Crippen LogP contribution in [0.1, 0.15) is 59.8 Å². The van der Waals surface area contributed by atoms with E-state index in [1.54, 1.807) is 26.8 Å². The van der Waals surface area contributed by atoms with Gasteiger partial charge in [0.1, 0.15) is 0 Å². The van der Waals surface area contributed by atoms with Crippen molar-refractivity contribution in [3.8, 4) is 0 Å². The average Bonchev–Trinajstić information content (AvgIpc) is 2.96. The molecule has 33 heavy (non-hydrogen) atoms. The lowest BCUT2D eigenvalue weighted by Gasteiger charge is -2.62. The third-order valence-corrected chi connectivity index (χ3v) is 9.17. The zero-order valence-corrected chi connectivity index (χ0v) is 19.6. The number of alkyl halides is 1. The van der Waals surface area contributed by atoms with E-state index in [-0.39, 0.29) is 18.8 Å². The first kappa shape index (κ1) is 23.9. The Hall–Kier alpha value is -2.22. The molecule has 0 aromatic heterocycles. The molecule has 0 radical (unpaired) electrons. The van der Waals surface area contributed by atoms with Crippen molar-refractivity contribution in [3.63, 3.8) is 0 Å². The van der Waals surface area contributed by atoms with Crippen LogP contribution < -0.4 is 0 Å². The maximum atomic E-state index is 17.1. The SMILES string of the molecule is CCCOC(=O)O[C@]1(C(=O)O)[C@@H](C)C[C@H]2[C@@H]3CCC4=CC(=O)C=C[C@]4(C)[C@@]3(F)[C@@H](O)C[C@@]21C. The first-order chi connectivity index (χ1) is 15.4. The summed E-state index contributed by atoms with van der Waals surface area (Å²) in [6.45, 7) is 7.01. The minimum absolute atomic E-state index is 0.0976. The highest BCUT2D eigenvalue weighted by molar-refractivity contribution is 6.01. The second-order valence-corrected chi connectivity index (χ2v) is 10.6. The van der Waals surface area contributed by atoms with E-state index in [1.165, 1.54) is 12.2 Å². The number of carbonyl (C=O) groups is 3. The Balaban J connectivity index is 1.78. The van der Waals surface area contributed by atoms with Crippen LogP contribution in [0, 0.1) is 28.6 Å². The van der Waals surface area contributed by atoms with E-state index >= 15 is 4.39 Å². The lowest BCUT2D eigenvalue weighted by atomic mass is 9.45. The normalized spacial score (nSPS) is 46.0.